The summed E-state index contributed by atoms with van der Waals surface area (Å²) in [7, 11) is 2.00. The maximum atomic E-state index is 6.35. The van der Waals surface area contributed by atoms with Crippen molar-refractivity contribution in [1.29, 1.82) is 0 Å². The highest BCUT2D eigenvalue weighted by Crippen LogP contribution is 2.21. The molecule has 2 atom stereocenters. The molecule has 1 aromatic carbocycles. The van der Waals surface area contributed by atoms with Gasteiger partial charge in [-0.1, -0.05) is 30.7 Å². The molecule has 20 heavy (non-hydrogen) atoms. The van der Waals surface area contributed by atoms with Crippen LogP contribution < -0.4 is 5.32 Å². The van der Waals surface area contributed by atoms with E-state index in [4.69, 9.17) is 16.3 Å². The van der Waals surface area contributed by atoms with Crippen molar-refractivity contribution in [3.63, 3.8) is 0 Å². The van der Waals surface area contributed by atoms with E-state index in [0.29, 0.717) is 6.04 Å². The van der Waals surface area contributed by atoms with E-state index < -0.39 is 0 Å². The number of morpholine rings is 1. The second-order valence-corrected chi connectivity index (χ2v) is 5.90. The van der Waals surface area contributed by atoms with Crippen molar-refractivity contribution in [3.8, 4) is 0 Å². The van der Waals surface area contributed by atoms with Crippen LogP contribution in [0.2, 0.25) is 5.02 Å². The van der Waals surface area contributed by atoms with Crippen LogP contribution >= 0.6 is 11.6 Å². The molecule has 0 bridgehead atoms. The van der Waals surface area contributed by atoms with Crippen LogP contribution in [0.3, 0.4) is 0 Å². The normalized spacial score (nSPS) is 21.9. The third-order valence-corrected chi connectivity index (χ3v) is 4.44. The number of ether oxygens (including phenoxy) is 1. The molecular formula is C16H25ClN2O. The second-order valence-electron chi connectivity index (χ2n) is 5.50. The van der Waals surface area contributed by atoms with Gasteiger partial charge in [0.2, 0.25) is 0 Å². The van der Waals surface area contributed by atoms with Crippen LogP contribution in [0.1, 0.15) is 18.1 Å². The first-order valence-corrected chi connectivity index (χ1v) is 7.78. The smallest absolute Gasteiger partial charge is 0.0858 e. The Hall–Kier alpha value is -0.610. The molecule has 0 spiro atoms. The molecule has 112 valence electrons. The van der Waals surface area contributed by atoms with E-state index in [9.17, 15) is 0 Å². The van der Waals surface area contributed by atoms with Crippen LogP contribution in [0.25, 0.3) is 0 Å². The topological polar surface area (TPSA) is 24.5 Å². The number of nitrogens with one attached hydrogen (secondary N) is 1. The number of aryl methyl sites for hydroxylation is 1. The van der Waals surface area contributed by atoms with Crippen LogP contribution in [0, 0.1) is 6.92 Å². The minimum absolute atomic E-state index is 0.228. The number of rotatable bonds is 5. The summed E-state index contributed by atoms with van der Waals surface area (Å²) in [6.45, 7) is 8.20. The predicted molar refractivity (Wildman–Crippen MR) is 84.6 cm³/mol. The van der Waals surface area contributed by atoms with Crippen LogP contribution in [-0.2, 0) is 11.2 Å². The molecule has 1 fully saturated rings. The molecule has 3 nitrogen and oxygen atoms in total. The first-order chi connectivity index (χ1) is 9.63. The van der Waals surface area contributed by atoms with E-state index in [1.165, 1.54) is 11.1 Å². The minimum Gasteiger partial charge on any atom is -0.374 e. The van der Waals surface area contributed by atoms with Crippen molar-refractivity contribution in [2.45, 2.75) is 32.4 Å². The molecule has 1 N–H and O–H groups in total. The summed E-state index contributed by atoms with van der Waals surface area (Å²) in [4.78, 5) is 2.44. The third kappa shape index (κ3) is 3.95. The Bertz CT molecular complexity index is 438. The molecule has 2 unspecified atom stereocenters. The summed E-state index contributed by atoms with van der Waals surface area (Å²) in [6.07, 6.45) is 1.13. The highest BCUT2D eigenvalue weighted by molar-refractivity contribution is 6.31. The van der Waals surface area contributed by atoms with Gasteiger partial charge in [0.05, 0.1) is 12.7 Å². The lowest BCUT2D eigenvalue weighted by Crippen LogP contribution is -2.52. The van der Waals surface area contributed by atoms with Gasteiger partial charge in [0.1, 0.15) is 0 Å². The van der Waals surface area contributed by atoms with Crippen LogP contribution in [0.15, 0.2) is 18.2 Å². The van der Waals surface area contributed by atoms with Crippen LogP contribution in [0.4, 0.5) is 0 Å². The minimum atomic E-state index is 0.228. The number of hydrogen-bond acceptors (Lipinski definition) is 3. The second kappa shape index (κ2) is 7.41. The number of nitrogens with zero attached hydrogens (tertiary/aromatic N) is 1. The van der Waals surface area contributed by atoms with Gasteiger partial charge in [0, 0.05) is 24.2 Å². The standard InChI is InChI=1S/C16H25ClN2O/c1-4-19-7-8-20-16(11-19)15(18-3)10-13-6-5-12(2)9-14(13)17/h5-6,9,15-16,18H,4,7-8,10-11H2,1-3H3. The number of hydrogen-bond donors (Lipinski definition) is 1. The molecule has 0 aromatic heterocycles. The first kappa shape index (κ1) is 15.8. The zero-order valence-corrected chi connectivity index (χ0v) is 13.4. The van der Waals surface area contributed by atoms with Gasteiger partial charge in [0.25, 0.3) is 0 Å². The fourth-order valence-corrected chi connectivity index (χ4v) is 3.05. The molecule has 1 aromatic rings. The zero-order chi connectivity index (χ0) is 14.5. The molecule has 0 saturated carbocycles. The van der Waals surface area contributed by atoms with Gasteiger partial charge in [-0.3, -0.25) is 4.90 Å². The molecule has 4 heteroatoms. The van der Waals surface area contributed by atoms with Gasteiger partial charge in [-0.2, -0.15) is 0 Å². The Morgan fingerprint density at radius 3 is 2.95 bits per heavy atom. The van der Waals surface area contributed by atoms with Crippen molar-refractivity contribution >= 4 is 11.6 Å². The fraction of sp³-hybridized carbons (Fsp3) is 0.625. The van der Waals surface area contributed by atoms with Crippen molar-refractivity contribution < 1.29 is 4.74 Å². The van der Waals surface area contributed by atoms with Gasteiger partial charge in [-0.25, -0.2) is 0 Å². The van der Waals surface area contributed by atoms with Crippen molar-refractivity contribution in [2.24, 2.45) is 0 Å². The van der Waals surface area contributed by atoms with E-state index >= 15 is 0 Å². The lowest BCUT2D eigenvalue weighted by Gasteiger charge is -2.36. The monoisotopic (exact) mass is 296 g/mol. The van der Waals surface area contributed by atoms with E-state index in [0.717, 1.165) is 37.7 Å². The maximum Gasteiger partial charge on any atom is 0.0858 e. The Morgan fingerprint density at radius 1 is 1.50 bits per heavy atom. The van der Waals surface area contributed by atoms with Crippen LogP contribution in [-0.4, -0.2) is 50.3 Å². The van der Waals surface area contributed by atoms with E-state index in [-0.39, 0.29) is 6.10 Å². The summed E-state index contributed by atoms with van der Waals surface area (Å²) >= 11 is 6.35. The molecule has 1 aliphatic rings. The SMILES string of the molecule is CCN1CCOC(C(Cc2ccc(C)cc2Cl)NC)C1. The molecule has 1 aliphatic heterocycles. The summed E-state index contributed by atoms with van der Waals surface area (Å²) in [5.41, 5.74) is 2.39. The molecule has 0 radical (unpaired) electrons. The molecule has 0 aliphatic carbocycles. The number of benzene rings is 1. The largest absolute Gasteiger partial charge is 0.374 e. The lowest BCUT2D eigenvalue weighted by atomic mass is 9.99. The fourth-order valence-electron chi connectivity index (χ4n) is 2.74. The van der Waals surface area contributed by atoms with Crippen molar-refractivity contribution in [2.75, 3.05) is 33.3 Å². The average Bonchev–Trinajstić information content (AvgIpc) is 2.46. The van der Waals surface area contributed by atoms with Gasteiger partial charge in [0.15, 0.2) is 0 Å². The Labute approximate surface area is 127 Å². The van der Waals surface area contributed by atoms with Crippen LogP contribution in [0.5, 0.6) is 0 Å². The van der Waals surface area contributed by atoms with E-state index in [1.54, 1.807) is 0 Å². The zero-order valence-electron chi connectivity index (χ0n) is 12.7. The van der Waals surface area contributed by atoms with Gasteiger partial charge < -0.3 is 10.1 Å². The first-order valence-electron chi connectivity index (χ1n) is 7.40. The average molecular weight is 297 g/mol. The molecule has 1 heterocycles. The van der Waals surface area contributed by atoms with Gasteiger partial charge >= 0.3 is 0 Å². The van der Waals surface area contributed by atoms with E-state index in [2.05, 4.69) is 36.2 Å². The highest BCUT2D eigenvalue weighted by Gasteiger charge is 2.27. The molecule has 1 saturated heterocycles. The lowest BCUT2D eigenvalue weighted by molar-refractivity contribution is -0.0436. The van der Waals surface area contributed by atoms with Crippen molar-refractivity contribution in [1.82, 2.24) is 10.2 Å². The quantitative estimate of drug-likeness (QED) is 0.903. The summed E-state index contributed by atoms with van der Waals surface area (Å²) < 4.78 is 5.95. The summed E-state index contributed by atoms with van der Waals surface area (Å²) in [5, 5.41) is 4.25. The van der Waals surface area contributed by atoms with E-state index in [1.807, 2.05) is 13.1 Å². The molecular weight excluding hydrogens is 272 g/mol. The Balaban J connectivity index is 2.04. The Kier molecular flexibility index (Phi) is 5.85. The highest BCUT2D eigenvalue weighted by atomic mass is 35.5. The molecule has 2 rings (SSSR count). The number of halogens is 1. The third-order valence-electron chi connectivity index (χ3n) is 4.09. The predicted octanol–water partition coefficient (Wildman–Crippen LogP) is 2.50. The van der Waals surface area contributed by atoms with Gasteiger partial charge in [-0.05, 0) is 44.1 Å². The summed E-state index contributed by atoms with van der Waals surface area (Å²) in [6, 6.07) is 6.57. The maximum absolute atomic E-state index is 6.35. The van der Waals surface area contributed by atoms with Crippen molar-refractivity contribution in [3.05, 3.63) is 34.3 Å². The summed E-state index contributed by atoms with van der Waals surface area (Å²) in [5.74, 6) is 0. The Morgan fingerprint density at radius 2 is 2.30 bits per heavy atom. The van der Waals surface area contributed by atoms with Gasteiger partial charge in [-0.15, -0.1) is 0 Å². The molecule has 0 amide bonds. The number of likely N-dealkylation sites (N-methyl/N-ethyl adjacent to an activating group) is 2.